The van der Waals surface area contributed by atoms with Crippen LogP contribution in [0.3, 0.4) is 0 Å². The average molecular weight is 420 g/mol. The standard InChI is InChI=1S/C22H21BN2O4S/c1-28-16-8-6-15(7-9-16)24-10-12-25(13-11-24)22(26)20-14-19-21(30-20)17-4-2-3-5-18(17)23(27)29-19/h2-9,14,27H,10-13H2,1H3. The van der Waals surface area contributed by atoms with E-state index in [1.54, 1.807) is 13.2 Å². The highest BCUT2D eigenvalue weighted by Gasteiger charge is 2.33. The largest absolute Gasteiger partial charge is 0.560 e. The molecule has 3 heterocycles. The smallest absolute Gasteiger partial charge is 0.531 e. The first kappa shape index (κ1) is 19.0. The number of piperazine rings is 1. The van der Waals surface area contributed by atoms with Gasteiger partial charge in [0.25, 0.3) is 5.91 Å². The lowest BCUT2D eigenvalue weighted by molar-refractivity contribution is 0.0751. The summed E-state index contributed by atoms with van der Waals surface area (Å²) in [6.45, 7) is 2.88. The van der Waals surface area contributed by atoms with Crippen LogP contribution in [0.1, 0.15) is 9.67 Å². The monoisotopic (exact) mass is 420 g/mol. The zero-order chi connectivity index (χ0) is 20.7. The highest BCUT2D eigenvalue weighted by molar-refractivity contribution is 7.18. The molecule has 1 amide bonds. The van der Waals surface area contributed by atoms with Crippen molar-refractivity contribution in [3.63, 3.8) is 0 Å². The third-order valence-corrected chi connectivity index (χ3v) is 6.76. The van der Waals surface area contributed by atoms with E-state index in [0.717, 1.165) is 40.4 Å². The molecule has 1 aromatic heterocycles. The molecule has 6 nitrogen and oxygen atoms in total. The molecule has 0 spiro atoms. The molecule has 152 valence electrons. The predicted octanol–water partition coefficient (Wildman–Crippen LogP) is 2.47. The van der Waals surface area contributed by atoms with Crippen LogP contribution < -0.4 is 19.8 Å². The number of fused-ring (bicyclic) bond motifs is 3. The Morgan fingerprint density at radius 3 is 2.57 bits per heavy atom. The second kappa shape index (κ2) is 7.70. The molecule has 0 saturated carbocycles. The maximum Gasteiger partial charge on any atom is 0.560 e. The molecule has 3 aromatic rings. The van der Waals surface area contributed by atoms with Crippen LogP contribution in [-0.4, -0.2) is 56.2 Å². The molecule has 0 radical (unpaired) electrons. The van der Waals surface area contributed by atoms with E-state index in [4.69, 9.17) is 9.39 Å². The van der Waals surface area contributed by atoms with Crippen LogP contribution in [0, 0.1) is 0 Å². The highest BCUT2D eigenvalue weighted by Crippen LogP contribution is 2.41. The van der Waals surface area contributed by atoms with Gasteiger partial charge in [0.05, 0.1) is 16.9 Å². The van der Waals surface area contributed by atoms with Crippen molar-refractivity contribution in [1.82, 2.24) is 4.90 Å². The van der Waals surface area contributed by atoms with E-state index in [1.165, 1.54) is 11.3 Å². The molecule has 2 aliphatic heterocycles. The summed E-state index contributed by atoms with van der Waals surface area (Å²) in [5.41, 5.74) is 2.80. The number of anilines is 1. The Kier molecular flexibility index (Phi) is 4.88. The predicted molar refractivity (Wildman–Crippen MR) is 119 cm³/mol. The van der Waals surface area contributed by atoms with Crippen LogP contribution in [0.25, 0.3) is 10.4 Å². The summed E-state index contributed by atoms with van der Waals surface area (Å²) in [4.78, 5) is 18.8. The first-order chi connectivity index (χ1) is 14.6. The van der Waals surface area contributed by atoms with Gasteiger partial charge in [0.2, 0.25) is 0 Å². The maximum absolute atomic E-state index is 13.1. The van der Waals surface area contributed by atoms with Crippen molar-refractivity contribution in [3.05, 3.63) is 59.5 Å². The Morgan fingerprint density at radius 1 is 1.10 bits per heavy atom. The normalized spacial score (nSPS) is 15.3. The Hall–Kier alpha value is -2.97. The lowest BCUT2D eigenvalue weighted by Crippen LogP contribution is -2.48. The molecule has 2 aromatic carbocycles. The highest BCUT2D eigenvalue weighted by atomic mass is 32.1. The molecule has 0 unspecified atom stereocenters. The summed E-state index contributed by atoms with van der Waals surface area (Å²) in [5, 5.41) is 10.2. The number of carbonyl (C=O) groups excluding carboxylic acids is 1. The number of hydrogen-bond acceptors (Lipinski definition) is 6. The van der Waals surface area contributed by atoms with Crippen LogP contribution in [0.5, 0.6) is 11.5 Å². The number of amides is 1. The number of nitrogens with zero attached hydrogens (tertiary/aromatic N) is 2. The topological polar surface area (TPSA) is 62.2 Å². The lowest BCUT2D eigenvalue weighted by Gasteiger charge is -2.36. The van der Waals surface area contributed by atoms with Crippen LogP contribution in [-0.2, 0) is 0 Å². The van der Waals surface area contributed by atoms with Crippen molar-refractivity contribution < 1.29 is 19.2 Å². The van der Waals surface area contributed by atoms with Crippen molar-refractivity contribution in [1.29, 1.82) is 0 Å². The minimum atomic E-state index is -1.00. The summed E-state index contributed by atoms with van der Waals surface area (Å²) < 4.78 is 10.9. The van der Waals surface area contributed by atoms with E-state index in [1.807, 2.05) is 53.4 Å². The summed E-state index contributed by atoms with van der Waals surface area (Å²) in [7, 11) is 0.658. The Balaban J connectivity index is 1.30. The van der Waals surface area contributed by atoms with Crippen molar-refractivity contribution in [2.24, 2.45) is 0 Å². The molecule has 1 N–H and O–H groups in total. The van der Waals surface area contributed by atoms with Gasteiger partial charge in [-0.05, 0) is 29.8 Å². The molecule has 1 fully saturated rings. The van der Waals surface area contributed by atoms with Crippen LogP contribution >= 0.6 is 11.3 Å². The van der Waals surface area contributed by atoms with Crippen molar-refractivity contribution in [3.8, 4) is 21.9 Å². The molecule has 30 heavy (non-hydrogen) atoms. The van der Waals surface area contributed by atoms with E-state index >= 15 is 0 Å². The summed E-state index contributed by atoms with van der Waals surface area (Å²) in [6.07, 6.45) is 0. The number of thiophene rings is 1. The van der Waals surface area contributed by atoms with Gasteiger partial charge in [-0.25, -0.2) is 0 Å². The molecular formula is C22H21BN2O4S. The Bertz CT molecular complexity index is 1080. The minimum absolute atomic E-state index is 0.0133. The maximum atomic E-state index is 13.1. The zero-order valence-corrected chi connectivity index (χ0v) is 17.4. The summed E-state index contributed by atoms with van der Waals surface area (Å²) in [5.74, 6) is 1.42. The van der Waals surface area contributed by atoms with Gasteiger partial charge in [-0.15, -0.1) is 11.3 Å². The second-order valence-electron chi connectivity index (χ2n) is 7.34. The molecule has 1 saturated heterocycles. The van der Waals surface area contributed by atoms with E-state index < -0.39 is 7.12 Å². The van der Waals surface area contributed by atoms with Gasteiger partial charge in [-0.1, -0.05) is 24.3 Å². The number of benzene rings is 2. The quantitative estimate of drug-likeness (QED) is 0.660. The molecule has 0 atom stereocenters. The van der Waals surface area contributed by atoms with Crippen molar-refractivity contribution in [2.45, 2.75) is 0 Å². The molecular weight excluding hydrogens is 399 g/mol. The van der Waals surface area contributed by atoms with Gasteiger partial charge in [-0.3, -0.25) is 4.79 Å². The number of rotatable bonds is 3. The average Bonchev–Trinajstić information content (AvgIpc) is 3.23. The van der Waals surface area contributed by atoms with E-state index in [-0.39, 0.29) is 5.91 Å². The summed E-state index contributed by atoms with van der Waals surface area (Å²) in [6, 6.07) is 17.4. The van der Waals surface area contributed by atoms with E-state index in [2.05, 4.69) is 4.90 Å². The van der Waals surface area contributed by atoms with Gasteiger partial charge in [0.1, 0.15) is 11.5 Å². The minimum Gasteiger partial charge on any atom is -0.531 e. The van der Waals surface area contributed by atoms with Gasteiger partial charge < -0.3 is 24.2 Å². The fourth-order valence-electron chi connectivity index (χ4n) is 3.97. The van der Waals surface area contributed by atoms with Crippen LogP contribution in [0.2, 0.25) is 0 Å². The van der Waals surface area contributed by atoms with Crippen molar-refractivity contribution in [2.75, 3.05) is 38.2 Å². The molecule has 0 aliphatic carbocycles. The third kappa shape index (κ3) is 3.32. The molecule has 5 rings (SSSR count). The lowest BCUT2D eigenvalue weighted by atomic mass is 9.74. The second-order valence-corrected chi connectivity index (χ2v) is 8.39. The molecule has 0 bridgehead atoms. The first-order valence-corrected chi connectivity index (χ1v) is 10.7. The number of methoxy groups -OCH3 is 1. The zero-order valence-electron chi connectivity index (χ0n) is 16.6. The third-order valence-electron chi connectivity index (χ3n) is 5.62. The Morgan fingerprint density at radius 2 is 1.83 bits per heavy atom. The number of hydrogen-bond donors (Lipinski definition) is 1. The molecule has 8 heteroatoms. The van der Waals surface area contributed by atoms with Gasteiger partial charge in [0, 0.05) is 43.4 Å². The van der Waals surface area contributed by atoms with E-state index in [9.17, 15) is 9.82 Å². The number of ether oxygens (including phenoxy) is 1. The fourth-order valence-corrected chi connectivity index (χ4v) is 5.08. The first-order valence-electron chi connectivity index (χ1n) is 9.90. The van der Waals surface area contributed by atoms with Crippen molar-refractivity contribution >= 4 is 35.5 Å². The van der Waals surface area contributed by atoms with Gasteiger partial charge >= 0.3 is 7.12 Å². The Labute approximate surface area is 179 Å². The fraction of sp³-hybridized carbons (Fsp3) is 0.227. The SMILES string of the molecule is COc1ccc(N2CCN(C(=O)c3cc4c(s3)-c3ccccc3B(O)O4)CC2)cc1. The molecule has 2 aliphatic rings. The number of carbonyl (C=O) groups is 1. The summed E-state index contributed by atoms with van der Waals surface area (Å²) >= 11 is 1.43. The van der Waals surface area contributed by atoms with Gasteiger partial charge in [-0.2, -0.15) is 0 Å². The van der Waals surface area contributed by atoms with Crippen LogP contribution in [0.4, 0.5) is 5.69 Å². The van der Waals surface area contributed by atoms with Crippen LogP contribution in [0.15, 0.2) is 54.6 Å². The van der Waals surface area contributed by atoms with E-state index in [0.29, 0.717) is 23.7 Å². The van der Waals surface area contributed by atoms with Gasteiger partial charge in [0.15, 0.2) is 0 Å².